The standard InChI is InChI=1S/C58H35N3/c59-35-37-22-28-55-51(31-37)52-32-41(25-29-56(52)61(55)44-16-2-1-3-17-44)40-23-26-49-53(33-40)57(47-20-8-13-38-11-4-6-18-45(38)47)50-27-24-42(43-15-10-30-60-36-43)34-54(50)58(49)48-21-9-14-39-12-5-7-19-46(39)48/h1-34,36H. The number of hydrogen-bond acceptors (Lipinski definition) is 2. The Morgan fingerprint density at radius 3 is 1.51 bits per heavy atom. The van der Waals surface area contributed by atoms with Crippen molar-refractivity contribution in [3.8, 4) is 56.3 Å². The lowest BCUT2D eigenvalue weighted by Crippen LogP contribution is -1.94. The highest BCUT2D eigenvalue weighted by Gasteiger charge is 2.22. The maximum atomic E-state index is 9.96. The van der Waals surface area contributed by atoms with Crippen LogP contribution in [0.2, 0.25) is 0 Å². The summed E-state index contributed by atoms with van der Waals surface area (Å²) in [6.07, 6.45) is 3.78. The molecule has 0 aliphatic rings. The molecule has 12 aromatic rings. The Balaban J connectivity index is 1.20. The maximum Gasteiger partial charge on any atom is 0.0991 e. The number of pyridine rings is 1. The molecule has 2 heterocycles. The number of hydrogen-bond donors (Lipinski definition) is 0. The third kappa shape index (κ3) is 5.54. The molecular formula is C58H35N3. The van der Waals surface area contributed by atoms with E-state index in [0.717, 1.165) is 49.7 Å². The Labute approximate surface area is 352 Å². The van der Waals surface area contributed by atoms with Crippen LogP contribution in [0.4, 0.5) is 0 Å². The summed E-state index contributed by atoms with van der Waals surface area (Å²) in [6, 6.07) is 74.6. The van der Waals surface area contributed by atoms with Gasteiger partial charge < -0.3 is 4.57 Å². The molecule has 61 heavy (non-hydrogen) atoms. The Morgan fingerprint density at radius 1 is 0.377 bits per heavy atom. The van der Waals surface area contributed by atoms with Crippen LogP contribution in [0, 0.1) is 11.3 Å². The second kappa shape index (κ2) is 13.9. The summed E-state index contributed by atoms with van der Waals surface area (Å²) in [5, 5.41) is 21.8. The van der Waals surface area contributed by atoms with E-state index in [0.29, 0.717) is 5.56 Å². The fourth-order valence-corrected chi connectivity index (χ4v) is 9.72. The van der Waals surface area contributed by atoms with Gasteiger partial charge in [-0.2, -0.15) is 5.26 Å². The first-order chi connectivity index (χ1) is 30.2. The van der Waals surface area contributed by atoms with Crippen molar-refractivity contribution in [1.82, 2.24) is 9.55 Å². The molecule has 2 aromatic heterocycles. The molecule has 0 fully saturated rings. The number of benzene rings is 10. The van der Waals surface area contributed by atoms with E-state index in [-0.39, 0.29) is 0 Å². The summed E-state index contributed by atoms with van der Waals surface area (Å²) in [4.78, 5) is 4.50. The highest BCUT2D eigenvalue weighted by atomic mass is 15.0. The van der Waals surface area contributed by atoms with Gasteiger partial charge in [0.2, 0.25) is 0 Å². The second-order valence-electron chi connectivity index (χ2n) is 15.8. The van der Waals surface area contributed by atoms with E-state index < -0.39 is 0 Å². The first-order valence-electron chi connectivity index (χ1n) is 20.7. The van der Waals surface area contributed by atoms with E-state index in [1.54, 1.807) is 0 Å². The Kier molecular flexibility index (Phi) is 7.91. The molecule has 10 aromatic carbocycles. The van der Waals surface area contributed by atoms with Crippen LogP contribution in [0.5, 0.6) is 0 Å². The van der Waals surface area contributed by atoms with Gasteiger partial charge >= 0.3 is 0 Å². The zero-order chi connectivity index (χ0) is 40.4. The summed E-state index contributed by atoms with van der Waals surface area (Å²) >= 11 is 0. The van der Waals surface area contributed by atoms with E-state index in [1.807, 2.05) is 36.7 Å². The van der Waals surface area contributed by atoms with Gasteiger partial charge in [-0.1, -0.05) is 140 Å². The molecule has 0 amide bonds. The predicted molar refractivity (Wildman–Crippen MR) is 255 cm³/mol. The highest BCUT2D eigenvalue weighted by Crippen LogP contribution is 2.49. The quantitative estimate of drug-likeness (QED) is 0.163. The van der Waals surface area contributed by atoms with E-state index in [9.17, 15) is 5.26 Å². The molecule has 0 unspecified atom stereocenters. The molecule has 0 N–H and O–H groups in total. The molecule has 12 rings (SSSR count). The molecule has 282 valence electrons. The summed E-state index contributed by atoms with van der Waals surface area (Å²) in [6.45, 7) is 0. The molecule has 0 saturated heterocycles. The minimum absolute atomic E-state index is 0.648. The van der Waals surface area contributed by atoms with Crippen LogP contribution in [-0.4, -0.2) is 9.55 Å². The third-order valence-electron chi connectivity index (χ3n) is 12.5. The molecule has 0 radical (unpaired) electrons. The number of aromatic nitrogens is 2. The molecule has 0 spiro atoms. The van der Waals surface area contributed by atoms with Crippen molar-refractivity contribution in [1.29, 1.82) is 5.26 Å². The van der Waals surface area contributed by atoms with E-state index in [2.05, 4.69) is 192 Å². The number of rotatable bonds is 5. The molecule has 0 aliphatic heterocycles. The average Bonchev–Trinajstić information content (AvgIpc) is 3.66. The van der Waals surface area contributed by atoms with Crippen LogP contribution in [0.15, 0.2) is 213 Å². The lowest BCUT2D eigenvalue weighted by molar-refractivity contribution is 1.18. The van der Waals surface area contributed by atoms with Gasteiger partial charge in [0.15, 0.2) is 0 Å². The third-order valence-corrected chi connectivity index (χ3v) is 12.5. The number of nitriles is 1. The second-order valence-corrected chi connectivity index (χ2v) is 15.8. The summed E-state index contributed by atoms with van der Waals surface area (Å²) in [5.74, 6) is 0. The molecule has 3 heteroatoms. The summed E-state index contributed by atoms with van der Waals surface area (Å²) < 4.78 is 2.30. The van der Waals surface area contributed by atoms with E-state index in [1.165, 1.54) is 65.3 Å². The Morgan fingerprint density at radius 2 is 0.902 bits per heavy atom. The molecule has 0 saturated carbocycles. The topological polar surface area (TPSA) is 41.6 Å². The zero-order valence-corrected chi connectivity index (χ0v) is 33.0. The average molecular weight is 774 g/mol. The largest absolute Gasteiger partial charge is 0.309 e. The zero-order valence-electron chi connectivity index (χ0n) is 33.0. The van der Waals surface area contributed by atoms with Crippen molar-refractivity contribution >= 4 is 64.9 Å². The first kappa shape index (κ1) is 34.7. The fourth-order valence-electron chi connectivity index (χ4n) is 9.72. The Bertz CT molecular complexity index is 3750. The smallest absolute Gasteiger partial charge is 0.0991 e. The minimum Gasteiger partial charge on any atom is -0.309 e. The SMILES string of the molecule is N#Cc1ccc2c(c1)c1cc(-c3ccc4c(-c5cccc6ccccc56)c5cc(-c6cccnc6)ccc5c(-c5cccc6ccccc56)c4c3)ccc1n2-c1ccccc1. The lowest BCUT2D eigenvalue weighted by Gasteiger charge is -2.21. The number of para-hydroxylation sites is 1. The van der Waals surface area contributed by atoms with Crippen molar-refractivity contribution in [3.63, 3.8) is 0 Å². The van der Waals surface area contributed by atoms with Gasteiger partial charge in [0.1, 0.15) is 0 Å². The summed E-state index contributed by atoms with van der Waals surface area (Å²) in [5.41, 5.74) is 13.2. The van der Waals surface area contributed by atoms with Crippen molar-refractivity contribution in [2.24, 2.45) is 0 Å². The van der Waals surface area contributed by atoms with Gasteiger partial charge in [-0.05, 0) is 143 Å². The van der Waals surface area contributed by atoms with Crippen LogP contribution >= 0.6 is 0 Å². The first-order valence-corrected chi connectivity index (χ1v) is 20.7. The van der Waals surface area contributed by atoms with Crippen LogP contribution in [0.1, 0.15) is 5.56 Å². The predicted octanol–water partition coefficient (Wildman–Crippen LogP) is 15.3. The van der Waals surface area contributed by atoms with Gasteiger partial charge in [0.25, 0.3) is 0 Å². The van der Waals surface area contributed by atoms with Crippen molar-refractivity contribution in [2.75, 3.05) is 0 Å². The van der Waals surface area contributed by atoms with E-state index in [4.69, 9.17) is 0 Å². The van der Waals surface area contributed by atoms with Crippen molar-refractivity contribution in [3.05, 3.63) is 218 Å². The minimum atomic E-state index is 0.648. The van der Waals surface area contributed by atoms with Crippen LogP contribution in [-0.2, 0) is 0 Å². The van der Waals surface area contributed by atoms with Gasteiger partial charge in [-0.15, -0.1) is 0 Å². The normalized spacial score (nSPS) is 11.6. The molecule has 0 aliphatic carbocycles. The van der Waals surface area contributed by atoms with E-state index >= 15 is 0 Å². The summed E-state index contributed by atoms with van der Waals surface area (Å²) in [7, 11) is 0. The van der Waals surface area contributed by atoms with Gasteiger partial charge in [0, 0.05) is 34.4 Å². The van der Waals surface area contributed by atoms with Gasteiger partial charge in [-0.3, -0.25) is 4.98 Å². The van der Waals surface area contributed by atoms with Crippen LogP contribution in [0.25, 0.3) is 115 Å². The van der Waals surface area contributed by atoms with Crippen LogP contribution < -0.4 is 0 Å². The molecule has 0 bridgehead atoms. The fraction of sp³-hybridized carbons (Fsp3) is 0. The monoisotopic (exact) mass is 773 g/mol. The van der Waals surface area contributed by atoms with Crippen molar-refractivity contribution in [2.45, 2.75) is 0 Å². The molecule has 0 atom stereocenters. The molecular weight excluding hydrogens is 739 g/mol. The van der Waals surface area contributed by atoms with Gasteiger partial charge in [-0.25, -0.2) is 0 Å². The molecule has 3 nitrogen and oxygen atoms in total. The van der Waals surface area contributed by atoms with Gasteiger partial charge in [0.05, 0.1) is 22.7 Å². The number of nitrogens with zero attached hydrogens (tertiary/aromatic N) is 3. The van der Waals surface area contributed by atoms with Crippen molar-refractivity contribution < 1.29 is 0 Å². The Hall–Kier alpha value is -8.32. The highest BCUT2D eigenvalue weighted by molar-refractivity contribution is 6.26. The maximum absolute atomic E-state index is 9.96. The van der Waals surface area contributed by atoms with Crippen LogP contribution in [0.3, 0.4) is 0 Å². The lowest BCUT2D eigenvalue weighted by atomic mass is 9.82. The number of fused-ring (bicyclic) bond motifs is 7.